The van der Waals surface area contributed by atoms with E-state index in [1.165, 1.54) is 0 Å². The van der Waals surface area contributed by atoms with Crippen LogP contribution < -0.4 is 5.32 Å². The fourth-order valence-electron chi connectivity index (χ4n) is 1.41. The Labute approximate surface area is 109 Å². The molecule has 98 valence electrons. The van der Waals surface area contributed by atoms with Crippen molar-refractivity contribution in [2.75, 3.05) is 25.1 Å². The zero-order valence-electron chi connectivity index (χ0n) is 11.4. The molecule has 0 atom stereocenters. The lowest BCUT2D eigenvalue weighted by molar-refractivity contribution is 0.132. The molecule has 1 aromatic rings. The van der Waals surface area contributed by atoms with Gasteiger partial charge in [-0.1, -0.05) is 19.9 Å². The molecule has 0 aliphatic carbocycles. The van der Waals surface area contributed by atoms with Crippen LogP contribution in [-0.2, 0) is 4.74 Å². The predicted octanol–water partition coefficient (Wildman–Crippen LogP) is 2.74. The molecule has 18 heavy (non-hydrogen) atoms. The van der Waals surface area contributed by atoms with Gasteiger partial charge in [0.05, 0.1) is 6.61 Å². The van der Waals surface area contributed by atoms with Gasteiger partial charge in [-0.3, -0.25) is 0 Å². The molecular weight excluding hydrogens is 226 g/mol. The van der Waals surface area contributed by atoms with Crippen LogP contribution in [0.4, 0.5) is 5.82 Å². The fourth-order valence-corrected chi connectivity index (χ4v) is 1.41. The van der Waals surface area contributed by atoms with Crippen LogP contribution in [0.15, 0.2) is 12.1 Å². The maximum absolute atomic E-state index is 8.87. The third-order valence-corrected chi connectivity index (χ3v) is 2.59. The standard InChI is InChI=1S/C14H21N3O/c1-11(2)6-8-18-9-7-16-14-5-4-12(3)13(10-15)17-14/h4-5,11H,6-9H2,1-3H3,(H,16,17). The van der Waals surface area contributed by atoms with Crippen LogP contribution in [0.25, 0.3) is 0 Å². The fraction of sp³-hybridized carbons (Fsp3) is 0.571. The summed E-state index contributed by atoms with van der Waals surface area (Å²) in [5.74, 6) is 1.40. The molecule has 0 aliphatic heterocycles. The van der Waals surface area contributed by atoms with Gasteiger partial charge in [0.15, 0.2) is 0 Å². The van der Waals surface area contributed by atoms with E-state index in [1.807, 2.05) is 19.1 Å². The van der Waals surface area contributed by atoms with Crippen molar-refractivity contribution in [2.45, 2.75) is 27.2 Å². The zero-order chi connectivity index (χ0) is 13.4. The van der Waals surface area contributed by atoms with Gasteiger partial charge in [-0.05, 0) is 30.9 Å². The molecule has 0 bridgehead atoms. The monoisotopic (exact) mass is 247 g/mol. The van der Waals surface area contributed by atoms with Crippen LogP contribution in [0, 0.1) is 24.2 Å². The molecule has 1 heterocycles. The van der Waals surface area contributed by atoms with Crippen molar-refractivity contribution in [1.29, 1.82) is 5.26 Å². The van der Waals surface area contributed by atoms with E-state index in [0.717, 1.165) is 24.4 Å². The summed E-state index contributed by atoms with van der Waals surface area (Å²) >= 11 is 0. The molecule has 0 fully saturated rings. The van der Waals surface area contributed by atoms with Crippen molar-refractivity contribution in [1.82, 2.24) is 4.98 Å². The molecule has 0 unspecified atom stereocenters. The molecular formula is C14H21N3O. The van der Waals surface area contributed by atoms with E-state index in [1.54, 1.807) is 0 Å². The van der Waals surface area contributed by atoms with Crippen LogP contribution >= 0.6 is 0 Å². The third-order valence-electron chi connectivity index (χ3n) is 2.59. The summed E-state index contributed by atoms with van der Waals surface area (Å²) in [6.45, 7) is 8.40. The lowest BCUT2D eigenvalue weighted by Gasteiger charge is -2.08. The predicted molar refractivity (Wildman–Crippen MR) is 72.5 cm³/mol. The first-order chi connectivity index (χ1) is 8.63. The Morgan fingerprint density at radius 3 is 2.83 bits per heavy atom. The molecule has 4 nitrogen and oxygen atoms in total. The van der Waals surface area contributed by atoms with Gasteiger partial charge >= 0.3 is 0 Å². The maximum Gasteiger partial charge on any atom is 0.145 e. The summed E-state index contributed by atoms with van der Waals surface area (Å²) < 4.78 is 5.49. The van der Waals surface area contributed by atoms with Gasteiger partial charge in [-0.2, -0.15) is 5.26 Å². The smallest absolute Gasteiger partial charge is 0.145 e. The minimum Gasteiger partial charge on any atom is -0.380 e. The third kappa shape index (κ3) is 5.15. The van der Waals surface area contributed by atoms with E-state index in [0.29, 0.717) is 24.8 Å². The first kappa shape index (κ1) is 14.5. The largest absolute Gasteiger partial charge is 0.380 e. The first-order valence-electron chi connectivity index (χ1n) is 6.33. The molecule has 0 saturated carbocycles. The zero-order valence-corrected chi connectivity index (χ0v) is 11.4. The van der Waals surface area contributed by atoms with E-state index in [4.69, 9.17) is 10.00 Å². The SMILES string of the molecule is Cc1ccc(NCCOCCC(C)C)nc1C#N. The number of nitriles is 1. The number of hydrogen-bond acceptors (Lipinski definition) is 4. The van der Waals surface area contributed by atoms with Gasteiger partial charge in [0.1, 0.15) is 17.6 Å². The Hall–Kier alpha value is -1.60. The van der Waals surface area contributed by atoms with Crippen LogP contribution in [-0.4, -0.2) is 24.7 Å². The Morgan fingerprint density at radius 1 is 1.39 bits per heavy atom. The molecule has 1 N–H and O–H groups in total. The highest BCUT2D eigenvalue weighted by molar-refractivity contribution is 5.42. The second-order valence-electron chi connectivity index (χ2n) is 4.70. The number of anilines is 1. The van der Waals surface area contributed by atoms with Crippen molar-refractivity contribution in [3.63, 3.8) is 0 Å². The lowest BCUT2D eigenvalue weighted by atomic mass is 10.1. The average molecular weight is 247 g/mol. The number of nitrogens with zero attached hydrogens (tertiary/aromatic N) is 2. The Morgan fingerprint density at radius 2 is 2.17 bits per heavy atom. The van der Waals surface area contributed by atoms with Crippen LogP contribution in [0.5, 0.6) is 0 Å². The van der Waals surface area contributed by atoms with Crippen molar-refractivity contribution in [3.8, 4) is 6.07 Å². The quantitative estimate of drug-likeness (QED) is 0.753. The lowest BCUT2D eigenvalue weighted by Crippen LogP contribution is -2.12. The van der Waals surface area contributed by atoms with Crippen molar-refractivity contribution in [3.05, 3.63) is 23.4 Å². The molecule has 0 aliphatic rings. The molecule has 1 rings (SSSR count). The maximum atomic E-state index is 8.87. The van der Waals surface area contributed by atoms with Gasteiger partial charge in [-0.25, -0.2) is 4.98 Å². The molecule has 0 spiro atoms. The molecule has 0 amide bonds. The number of hydrogen-bond donors (Lipinski definition) is 1. The molecule has 4 heteroatoms. The van der Waals surface area contributed by atoms with E-state index in [9.17, 15) is 0 Å². The first-order valence-corrected chi connectivity index (χ1v) is 6.33. The second kappa shape index (κ2) is 7.67. The van der Waals surface area contributed by atoms with E-state index in [2.05, 4.69) is 30.2 Å². The molecule has 0 aromatic carbocycles. The van der Waals surface area contributed by atoms with Gasteiger partial charge < -0.3 is 10.1 Å². The van der Waals surface area contributed by atoms with E-state index >= 15 is 0 Å². The minimum atomic E-state index is 0.473. The molecule has 1 aromatic heterocycles. The normalized spacial score (nSPS) is 10.4. The summed E-state index contributed by atoms with van der Waals surface area (Å²) in [7, 11) is 0. The molecule has 0 radical (unpaired) electrons. The van der Waals surface area contributed by atoms with E-state index < -0.39 is 0 Å². The topological polar surface area (TPSA) is 57.9 Å². The number of aromatic nitrogens is 1. The van der Waals surface area contributed by atoms with Gasteiger partial charge in [0, 0.05) is 13.2 Å². The van der Waals surface area contributed by atoms with Gasteiger partial charge in [0.2, 0.25) is 0 Å². The highest BCUT2D eigenvalue weighted by Gasteiger charge is 2.00. The highest BCUT2D eigenvalue weighted by atomic mass is 16.5. The summed E-state index contributed by atoms with van der Waals surface area (Å²) in [5, 5.41) is 12.0. The summed E-state index contributed by atoms with van der Waals surface area (Å²) in [6, 6.07) is 5.85. The van der Waals surface area contributed by atoms with Crippen molar-refractivity contribution in [2.24, 2.45) is 5.92 Å². The highest BCUT2D eigenvalue weighted by Crippen LogP contribution is 2.08. The van der Waals surface area contributed by atoms with Gasteiger partial charge in [-0.15, -0.1) is 0 Å². The van der Waals surface area contributed by atoms with E-state index in [-0.39, 0.29) is 0 Å². The second-order valence-corrected chi connectivity index (χ2v) is 4.70. The molecule has 0 saturated heterocycles. The summed E-state index contributed by atoms with van der Waals surface area (Å²) in [6.07, 6.45) is 1.08. The van der Waals surface area contributed by atoms with Crippen LogP contribution in [0.2, 0.25) is 0 Å². The van der Waals surface area contributed by atoms with Crippen molar-refractivity contribution >= 4 is 5.82 Å². The Bertz CT molecular complexity index is 410. The average Bonchev–Trinajstić information content (AvgIpc) is 2.35. The van der Waals surface area contributed by atoms with Gasteiger partial charge in [0.25, 0.3) is 0 Å². The minimum absolute atomic E-state index is 0.473. The summed E-state index contributed by atoms with van der Waals surface area (Å²) in [5.41, 5.74) is 1.37. The van der Waals surface area contributed by atoms with Crippen LogP contribution in [0.3, 0.4) is 0 Å². The Kier molecular flexibility index (Phi) is 6.16. The van der Waals surface area contributed by atoms with Crippen LogP contribution in [0.1, 0.15) is 31.5 Å². The Balaban J connectivity index is 2.26. The number of rotatable bonds is 7. The van der Waals surface area contributed by atoms with Crippen molar-refractivity contribution < 1.29 is 4.74 Å². The number of ether oxygens (including phenoxy) is 1. The number of aryl methyl sites for hydroxylation is 1. The summed E-state index contributed by atoms with van der Waals surface area (Å²) in [4.78, 5) is 4.21. The number of nitrogens with one attached hydrogen (secondary N) is 1. The number of pyridine rings is 1.